The van der Waals surface area contributed by atoms with Crippen molar-refractivity contribution < 1.29 is 4.42 Å². The Labute approximate surface area is 203 Å². The quantitative estimate of drug-likeness (QED) is 0.356. The first-order valence-corrected chi connectivity index (χ1v) is 11.9. The van der Waals surface area contributed by atoms with Crippen LogP contribution in [0.25, 0.3) is 28.0 Å². The highest BCUT2D eigenvalue weighted by atomic mass is 16.4. The van der Waals surface area contributed by atoms with Crippen LogP contribution in [0.15, 0.2) is 82.3 Å². The first kappa shape index (κ1) is 21.6. The molecule has 0 N–H and O–H groups in total. The molecule has 0 saturated carbocycles. The number of rotatable bonds is 5. The SMILES string of the molecule is Cc1ccn2cc(-c3cc4ccc(N(C)C5CCN(Cc6ccccc6)C5)cc4oc3=O)nc2n1. The molecule has 1 atom stereocenters. The maximum atomic E-state index is 12.9. The largest absolute Gasteiger partial charge is 0.422 e. The highest BCUT2D eigenvalue weighted by Crippen LogP contribution is 2.28. The first-order chi connectivity index (χ1) is 17.0. The maximum absolute atomic E-state index is 12.9. The third-order valence-corrected chi connectivity index (χ3v) is 6.91. The van der Waals surface area contributed by atoms with Crippen LogP contribution in [0.3, 0.4) is 0 Å². The van der Waals surface area contributed by atoms with E-state index in [-0.39, 0.29) is 0 Å². The lowest BCUT2D eigenvalue weighted by atomic mass is 10.1. The Hall–Kier alpha value is -3.97. The van der Waals surface area contributed by atoms with Crippen molar-refractivity contribution in [3.05, 3.63) is 94.7 Å². The van der Waals surface area contributed by atoms with Gasteiger partial charge in [0.2, 0.25) is 5.78 Å². The van der Waals surface area contributed by atoms with Gasteiger partial charge in [0.15, 0.2) is 0 Å². The van der Waals surface area contributed by atoms with Crippen LogP contribution in [0.5, 0.6) is 0 Å². The molecule has 1 aliphatic heterocycles. The fourth-order valence-electron chi connectivity index (χ4n) is 4.91. The number of likely N-dealkylation sites (tertiary alicyclic amines) is 1. The summed E-state index contributed by atoms with van der Waals surface area (Å²) in [5.41, 5.74) is 4.45. The van der Waals surface area contributed by atoms with Crippen LogP contribution in [-0.2, 0) is 6.54 Å². The molecule has 0 bridgehead atoms. The summed E-state index contributed by atoms with van der Waals surface area (Å²) in [4.78, 5) is 26.6. The Balaban J connectivity index is 1.24. The molecule has 1 fully saturated rings. The first-order valence-electron chi connectivity index (χ1n) is 11.9. The highest BCUT2D eigenvalue weighted by molar-refractivity contribution is 5.84. The zero-order chi connectivity index (χ0) is 23.9. The molecule has 0 amide bonds. The van der Waals surface area contributed by atoms with Crippen molar-refractivity contribution in [2.75, 3.05) is 25.0 Å². The van der Waals surface area contributed by atoms with E-state index in [0.717, 1.165) is 42.8 Å². The molecule has 5 aromatic rings. The van der Waals surface area contributed by atoms with Gasteiger partial charge in [-0.15, -0.1) is 0 Å². The summed E-state index contributed by atoms with van der Waals surface area (Å²) in [7, 11) is 2.12. The fraction of sp³-hybridized carbons (Fsp3) is 0.250. The van der Waals surface area contributed by atoms with E-state index in [4.69, 9.17) is 4.42 Å². The molecule has 6 rings (SSSR count). The Morgan fingerprint density at radius 1 is 1.09 bits per heavy atom. The van der Waals surface area contributed by atoms with Crippen LogP contribution in [0.4, 0.5) is 5.69 Å². The summed E-state index contributed by atoms with van der Waals surface area (Å²) >= 11 is 0. The van der Waals surface area contributed by atoms with Crippen molar-refractivity contribution >= 4 is 22.4 Å². The lowest BCUT2D eigenvalue weighted by molar-refractivity contribution is 0.326. The van der Waals surface area contributed by atoms with Crippen molar-refractivity contribution in [1.82, 2.24) is 19.3 Å². The Bertz CT molecular complexity index is 1570. The van der Waals surface area contributed by atoms with E-state index in [1.165, 1.54) is 5.56 Å². The number of aromatic nitrogens is 3. The van der Waals surface area contributed by atoms with Crippen LogP contribution in [0.1, 0.15) is 17.7 Å². The van der Waals surface area contributed by atoms with Crippen LogP contribution >= 0.6 is 0 Å². The summed E-state index contributed by atoms with van der Waals surface area (Å²) in [5.74, 6) is 0.564. The standard InChI is InChI=1S/C28H27N5O2/c1-19-10-13-33-18-25(30-28(33)29-19)24-14-21-8-9-22(15-26(21)35-27(24)34)31(2)23-11-12-32(17-23)16-20-6-4-3-5-7-20/h3-10,13-15,18,23H,11-12,16-17H2,1-2H3. The highest BCUT2D eigenvalue weighted by Gasteiger charge is 2.26. The van der Waals surface area contributed by atoms with Gasteiger partial charge in [-0.2, -0.15) is 0 Å². The minimum atomic E-state index is -0.396. The molecule has 2 aromatic carbocycles. The molecule has 3 aromatic heterocycles. The van der Waals surface area contributed by atoms with E-state index in [9.17, 15) is 4.79 Å². The minimum Gasteiger partial charge on any atom is -0.422 e. The van der Waals surface area contributed by atoms with Crippen LogP contribution in [-0.4, -0.2) is 45.4 Å². The lowest BCUT2D eigenvalue weighted by Crippen LogP contribution is -2.34. The second-order valence-electron chi connectivity index (χ2n) is 9.35. The van der Waals surface area contributed by atoms with Crippen LogP contribution in [0, 0.1) is 6.92 Å². The lowest BCUT2D eigenvalue weighted by Gasteiger charge is -2.27. The molecule has 4 heterocycles. The summed E-state index contributed by atoms with van der Waals surface area (Å²) in [5, 5.41) is 0.870. The molecule has 1 unspecified atom stereocenters. The van der Waals surface area contributed by atoms with E-state index < -0.39 is 5.63 Å². The average molecular weight is 466 g/mol. The molecular formula is C28H27N5O2. The summed E-state index contributed by atoms with van der Waals surface area (Å²) in [6.07, 6.45) is 4.80. The number of fused-ring (bicyclic) bond motifs is 2. The van der Waals surface area contributed by atoms with Gasteiger partial charge in [0.1, 0.15) is 5.58 Å². The predicted molar refractivity (Wildman–Crippen MR) is 138 cm³/mol. The van der Waals surface area contributed by atoms with E-state index in [1.54, 1.807) is 0 Å². The van der Waals surface area contributed by atoms with Crippen molar-refractivity contribution in [2.45, 2.75) is 25.9 Å². The van der Waals surface area contributed by atoms with Crippen molar-refractivity contribution in [3.8, 4) is 11.3 Å². The third kappa shape index (κ3) is 4.19. The van der Waals surface area contributed by atoms with Gasteiger partial charge in [0, 0.05) is 68.0 Å². The second-order valence-corrected chi connectivity index (χ2v) is 9.35. The van der Waals surface area contributed by atoms with Crippen LogP contribution < -0.4 is 10.5 Å². The summed E-state index contributed by atoms with van der Waals surface area (Å²) in [6.45, 7) is 4.97. The fourth-order valence-corrected chi connectivity index (χ4v) is 4.91. The number of anilines is 1. The number of imidazole rings is 1. The molecular weight excluding hydrogens is 438 g/mol. The zero-order valence-corrected chi connectivity index (χ0v) is 19.9. The Morgan fingerprint density at radius 2 is 1.94 bits per heavy atom. The summed E-state index contributed by atoms with van der Waals surface area (Å²) in [6, 6.07) is 20.9. The number of likely N-dealkylation sites (N-methyl/N-ethyl adjacent to an activating group) is 1. The normalized spacial score (nSPS) is 16.3. The maximum Gasteiger partial charge on any atom is 0.345 e. The zero-order valence-electron chi connectivity index (χ0n) is 19.9. The second kappa shape index (κ2) is 8.67. The van der Waals surface area contributed by atoms with Gasteiger partial charge in [-0.25, -0.2) is 14.8 Å². The third-order valence-electron chi connectivity index (χ3n) is 6.91. The van der Waals surface area contributed by atoms with Gasteiger partial charge in [0.05, 0.1) is 11.3 Å². The van der Waals surface area contributed by atoms with Crippen molar-refractivity contribution in [1.29, 1.82) is 0 Å². The van der Waals surface area contributed by atoms with E-state index in [2.05, 4.69) is 63.2 Å². The molecule has 7 heteroatoms. The van der Waals surface area contributed by atoms with E-state index >= 15 is 0 Å². The minimum absolute atomic E-state index is 0.396. The molecule has 0 spiro atoms. The van der Waals surface area contributed by atoms with Crippen molar-refractivity contribution in [2.24, 2.45) is 0 Å². The molecule has 0 radical (unpaired) electrons. The van der Waals surface area contributed by atoms with E-state index in [1.807, 2.05) is 48.0 Å². The van der Waals surface area contributed by atoms with E-state index in [0.29, 0.717) is 28.7 Å². The number of nitrogens with zero attached hydrogens (tertiary/aromatic N) is 5. The van der Waals surface area contributed by atoms with Gasteiger partial charge >= 0.3 is 5.63 Å². The van der Waals surface area contributed by atoms with Crippen LogP contribution in [0.2, 0.25) is 0 Å². The number of benzene rings is 2. The van der Waals surface area contributed by atoms with Gasteiger partial charge in [-0.05, 0) is 43.2 Å². The summed E-state index contributed by atoms with van der Waals surface area (Å²) < 4.78 is 7.57. The van der Waals surface area contributed by atoms with Gasteiger partial charge in [-0.3, -0.25) is 9.30 Å². The molecule has 7 nitrogen and oxygen atoms in total. The average Bonchev–Trinajstić information content (AvgIpc) is 3.50. The number of hydrogen-bond acceptors (Lipinski definition) is 6. The molecule has 0 aliphatic carbocycles. The Morgan fingerprint density at radius 3 is 2.80 bits per heavy atom. The predicted octanol–water partition coefficient (Wildman–Crippen LogP) is 4.52. The molecule has 1 saturated heterocycles. The van der Waals surface area contributed by atoms with Crippen molar-refractivity contribution in [3.63, 3.8) is 0 Å². The smallest absolute Gasteiger partial charge is 0.345 e. The monoisotopic (exact) mass is 465 g/mol. The number of aryl methyl sites for hydroxylation is 1. The molecule has 1 aliphatic rings. The number of hydrogen-bond donors (Lipinski definition) is 0. The van der Waals surface area contributed by atoms with Gasteiger partial charge in [0.25, 0.3) is 0 Å². The van der Waals surface area contributed by atoms with Gasteiger partial charge < -0.3 is 9.32 Å². The Kier molecular flexibility index (Phi) is 5.34. The molecule has 176 valence electrons. The van der Waals surface area contributed by atoms with Gasteiger partial charge in [-0.1, -0.05) is 30.3 Å². The molecule has 35 heavy (non-hydrogen) atoms. The topological polar surface area (TPSA) is 66.9 Å².